The van der Waals surface area contributed by atoms with Crippen LogP contribution in [-0.4, -0.2) is 46.6 Å². The zero-order chi connectivity index (χ0) is 24.5. The molecule has 1 heterocycles. The second kappa shape index (κ2) is 7.58. The number of methoxy groups -OCH3 is 1. The third-order valence-electron chi connectivity index (χ3n) is 7.23. The monoisotopic (exact) mass is 465 g/mol. The van der Waals surface area contributed by atoms with Gasteiger partial charge in [-0.05, 0) is 49.5 Å². The first-order valence-corrected chi connectivity index (χ1v) is 10.8. The van der Waals surface area contributed by atoms with Crippen LogP contribution in [0.2, 0.25) is 0 Å². The standard InChI is InChI=1S/C25H20FNO7/c1-10-7-18(29)15-9-14-12(4-5-13-20(14)24(32)27(23(13)31)25(33)34-2)19(21(15)22(10)30)11-3-6-17(28)16(26)8-11/h3-4,6-8,13-14,19-20,28H,5,9H2,1-2H3. The van der Waals surface area contributed by atoms with Gasteiger partial charge in [0.2, 0.25) is 11.8 Å². The Labute approximate surface area is 193 Å². The van der Waals surface area contributed by atoms with Crippen molar-refractivity contribution in [2.45, 2.75) is 25.7 Å². The Morgan fingerprint density at radius 1 is 1.15 bits per heavy atom. The molecule has 8 nitrogen and oxygen atoms in total. The van der Waals surface area contributed by atoms with Crippen molar-refractivity contribution in [3.63, 3.8) is 0 Å². The lowest BCUT2D eigenvalue weighted by Gasteiger charge is -2.42. The molecule has 9 heteroatoms. The van der Waals surface area contributed by atoms with Crippen molar-refractivity contribution < 1.29 is 38.2 Å². The molecule has 1 N–H and O–H groups in total. The third-order valence-corrected chi connectivity index (χ3v) is 7.23. The number of phenolic OH excluding ortho intramolecular Hbond substituents is 1. The molecule has 34 heavy (non-hydrogen) atoms. The van der Waals surface area contributed by atoms with Gasteiger partial charge in [0.25, 0.3) is 0 Å². The lowest BCUT2D eigenvalue weighted by atomic mass is 9.59. The van der Waals surface area contributed by atoms with Crippen molar-refractivity contribution >= 4 is 29.5 Å². The number of hydrogen-bond donors (Lipinski definition) is 1. The summed E-state index contributed by atoms with van der Waals surface area (Å²) in [6.45, 7) is 1.53. The number of amides is 3. The van der Waals surface area contributed by atoms with E-state index in [2.05, 4.69) is 4.74 Å². The van der Waals surface area contributed by atoms with Crippen LogP contribution in [0.15, 0.2) is 52.6 Å². The van der Waals surface area contributed by atoms with Gasteiger partial charge in [-0.25, -0.2) is 9.18 Å². The summed E-state index contributed by atoms with van der Waals surface area (Å²) in [5.41, 5.74) is 1.65. The van der Waals surface area contributed by atoms with E-state index in [1.807, 2.05) is 0 Å². The number of hydrogen-bond acceptors (Lipinski definition) is 7. The number of aromatic hydroxyl groups is 1. The van der Waals surface area contributed by atoms with Crippen LogP contribution in [0.25, 0.3) is 0 Å². The molecular formula is C25H20FNO7. The van der Waals surface area contributed by atoms with Gasteiger partial charge in [-0.2, -0.15) is 4.90 Å². The van der Waals surface area contributed by atoms with Gasteiger partial charge >= 0.3 is 6.09 Å². The molecule has 3 aliphatic carbocycles. The molecule has 0 saturated carbocycles. The highest BCUT2D eigenvalue weighted by atomic mass is 19.1. The third kappa shape index (κ3) is 2.92. The van der Waals surface area contributed by atoms with Crippen LogP contribution in [0.5, 0.6) is 5.75 Å². The number of allylic oxidation sites excluding steroid dienone is 6. The van der Waals surface area contributed by atoms with Gasteiger partial charge in [-0.3, -0.25) is 19.2 Å². The maximum atomic E-state index is 14.3. The average Bonchev–Trinajstić information content (AvgIpc) is 3.07. The van der Waals surface area contributed by atoms with Gasteiger partial charge in [0.1, 0.15) is 0 Å². The molecule has 1 saturated heterocycles. The first kappa shape index (κ1) is 21.9. The van der Waals surface area contributed by atoms with Crippen LogP contribution in [0.1, 0.15) is 31.2 Å². The fourth-order valence-corrected chi connectivity index (χ4v) is 5.71. The maximum Gasteiger partial charge on any atom is 0.423 e. The number of Topliss-reactive ketones (excluding diaryl/α,β-unsaturated/α-hetero) is 1. The van der Waals surface area contributed by atoms with Gasteiger partial charge in [0, 0.05) is 22.6 Å². The molecule has 1 aromatic rings. The van der Waals surface area contributed by atoms with Crippen molar-refractivity contribution in [3.8, 4) is 5.75 Å². The van der Waals surface area contributed by atoms with E-state index in [1.165, 1.54) is 25.1 Å². The summed E-state index contributed by atoms with van der Waals surface area (Å²) in [5, 5.41) is 9.67. The molecule has 0 radical (unpaired) electrons. The molecule has 0 spiro atoms. The average molecular weight is 465 g/mol. The van der Waals surface area contributed by atoms with E-state index >= 15 is 0 Å². The van der Waals surface area contributed by atoms with Crippen molar-refractivity contribution in [2.75, 3.05) is 7.11 Å². The van der Waals surface area contributed by atoms with Crippen LogP contribution in [0.3, 0.4) is 0 Å². The van der Waals surface area contributed by atoms with Gasteiger partial charge in [-0.15, -0.1) is 0 Å². The highest BCUT2D eigenvalue weighted by Crippen LogP contribution is 2.55. The summed E-state index contributed by atoms with van der Waals surface area (Å²) in [6.07, 6.45) is 2.11. The Bertz CT molecular complexity index is 1300. The number of ether oxygens (including phenoxy) is 1. The molecule has 4 unspecified atom stereocenters. The molecule has 0 bridgehead atoms. The molecule has 3 amide bonds. The molecular weight excluding hydrogens is 445 g/mol. The normalized spacial score (nSPS) is 28.3. The number of halogens is 1. The van der Waals surface area contributed by atoms with Crippen LogP contribution in [0, 0.1) is 23.6 Å². The topological polar surface area (TPSA) is 118 Å². The van der Waals surface area contributed by atoms with Crippen LogP contribution in [-0.2, 0) is 23.9 Å². The molecule has 0 aromatic heterocycles. The maximum absolute atomic E-state index is 14.3. The van der Waals surface area contributed by atoms with Crippen LogP contribution < -0.4 is 0 Å². The van der Waals surface area contributed by atoms with E-state index < -0.39 is 53.1 Å². The summed E-state index contributed by atoms with van der Waals surface area (Å²) < 4.78 is 18.9. The minimum absolute atomic E-state index is 0.0434. The lowest BCUT2D eigenvalue weighted by Crippen LogP contribution is -2.40. The number of rotatable bonds is 1. The predicted octanol–water partition coefficient (Wildman–Crippen LogP) is 2.73. The van der Waals surface area contributed by atoms with E-state index in [0.717, 1.165) is 13.2 Å². The first-order chi connectivity index (χ1) is 16.1. The summed E-state index contributed by atoms with van der Waals surface area (Å²) >= 11 is 0. The Morgan fingerprint density at radius 2 is 1.88 bits per heavy atom. The van der Waals surface area contributed by atoms with Gasteiger partial charge in [0.05, 0.1) is 18.9 Å². The molecule has 4 aliphatic rings. The van der Waals surface area contributed by atoms with E-state index in [0.29, 0.717) is 16.0 Å². The van der Waals surface area contributed by atoms with Gasteiger partial charge in [-0.1, -0.05) is 17.7 Å². The second-order valence-corrected chi connectivity index (χ2v) is 8.92. The smallest absolute Gasteiger partial charge is 0.423 e. The van der Waals surface area contributed by atoms with Crippen LogP contribution in [0.4, 0.5) is 9.18 Å². The summed E-state index contributed by atoms with van der Waals surface area (Å²) in [7, 11) is 1.07. The Hall–Kier alpha value is -3.88. The van der Waals surface area contributed by atoms with Crippen molar-refractivity contribution in [2.24, 2.45) is 17.8 Å². The first-order valence-electron chi connectivity index (χ1n) is 10.8. The Kier molecular flexibility index (Phi) is 4.89. The number of imide groups is 3. The SMILES string of the molecule is COC(=O)N1C(=O)C2CC=C3C(c4ccc(O)c(F)c4)C4=C(CC3C2C1=O)C(=O)C=C(C)C4=O. The number of likely N-dealkylation sites (tertiary alicyclic amines) is 1. The van der Waals surface area contributed by atoms with Crippen LogP contribution >= 0.6 is 0 Å². The highest BCUT2D eigenvalue weighted by Gasteiger charge is 2.58. The van der Waals surface area contributed by atoms with E-state index in [-0.39, 0.29) is 41.1 Å². The van der Waals surface area contributed by atoms with Gasteiger partial charge in [0.15, 0.2) is 23.1 Å². The molecule has 174 valence electrons. The van der Waals surface area contributed by atoms with E-state index in [9.17, 15) is 33.5 Å². The van der Waals surface area contributed by atoms with Crippen molar-refractivity contribution in [1.82, 2.24) is 4.90 Å². The second-order valence-electron chi connectivity index (χ2n) is 8.92. The number of fused-ring (bicyclic) bond motifs is 3. The summed E-state index contributed by atoms with van der Waals surface area (Å²) in [4.78, 5) is 64.8. The number of carbonyl (C=O) groups is 5. The predicted molar refractivity (Wildman–Crippen MR) is 114 cm³/mol. The zero-order valence-corrected chi connectivity index (χ0v) is 18.3. The number of ketones is 2. The number of carbonyl (C=O) groups excluding carboxylic acids is 5. The highest BCUT2D eigenvalue weighted by molar-refractivity contribution is 6.24. The van der Waals surface area contributed by atoms with Crippen molar-refractivity contribution in [3.05, 3.63) is 64.0 Å². The number of benzene rings is 1. The Balaban J connectivity index is 1.68. The number of phenols is 1. The fourth-order valence-electron chi connectivity index (χ4n) is 5.71. The molecule has 5 rings (SSSR count). The number of nitrogens with zero attached hydrogens (tertiary/aromatic N) is 1. The van der Waals surface area contributed by atoms with E-state index in [4.69, 9.17) is 0 Å². The Morgan fingerprint density at radius 3 is 2.56 bits per heavy atom. The quantitative estimate of drug-likeness (QED) is 0.385. The molecule has 1 aromatic carbocycles. The summed E-state index contributed by atoms with van der Waals surface area (Å²) in [5.74, 6) is -6.74. The summed E-state index contributed by atoms with van der Waals surface area (Å²) in [6, 6.07) is 3.74. The van der Waals surface area contributed by atoms with Crippen molar-refractivity contribution in [1.29, 1.82) is 0 Å². The minimum atomic E-state index is -1.07. The zero-order valence-electron chi connectivity index (χ0n) is 18.3. The molecule has 1 aliphatic heterocycles. The van der Waals surface area contributed by atoms with E-state index in [1.54, 1.807) is 6.08 Å². The lowest BCUT2D eigenvalue weighted by molar-refractivity contribution is -0.137. The molecule has 1 fully saturated rings. The minimum Gasteiger partial charge on any atom is -0.505 e. The largest absolute Gasteiger partial charge is 0.505 e. The molecule has 4 atom stereocenters. The van der Waals surface area contributed by atoms with Gasteiger partial charge < -0.3 is 9.84 Å². The fraction of sp³-hybridized carbons (Fsp3) is 0.320.